The smallest absolute Gasteiger partial charge is 0.251 e. The van der Waals surface area contributed by atoms with Crippen LogP contribution in [0.1, 0.15) is 37.0 Å². The minimum Gasteiger partial charge on any atom is -0.351 e. The second kappa shape index (κ2) is 6.48. The van der Waals surface area contributed by atoms with E-state index in [1.807, 2.05) is 13.8 Å². The fraction of sp³-hybridized carbons (Fsp3) is 0.500. The van der Waals surface area contributed by atoms with Gasteiger partial charge in [0.05, 0.1) is 11.4 Å². The van der Waals surface area contributed by atoms with Crippen LogP contribution in [0.2, 0.25) is 0 Å². The summed E-state index contributed by atoms with van der Waals surface area (Å²) < 4.78 is 0. The molecule has 25 heavy (non-hydrogen) atoms. The number of nitrogens with two attached hydrogens (primary N) is 1. The molecule has 1 fully saturated rings. The zero-order valence-corrected chi connectivity index (χ0v) is 14.6. The van der Waals surface area contributed by atoms with E-state index in [9.17, 15) is 14.4 Å². The molecule has 2 aliphatic rings. The van der Waals surface area contributed by atoms with Crippen molar-refractivity contribution in [3.8, 4) is 0 Å². The third kappa shape index (κ3) is 3.82. The molecule has 0 aromatic heterocycles. The quantitative estimate of drug-likeness (QED) is 0.744. The van der Waals surface area contributed by atoms with Crippen LogP contribution in [0.3, 0.4) is 0 Å². The van der Waals surface area contributed by atoms with E-state index >= 15 is 0 Å². The molecule has 7 nitrogen and oxygen atoms in total. The van der Waals surface area contributed by atoms with E-state index in [1.54, 1.807) is 18.2 Å². The number of benzene rings is 1. The summed E-state index contributed by atoms with van der Waals surface area (Å²) in [6.45, 7) is 4.89. The Hall–Kier alpha value is -2.41. The summed E-state index contributed by atoms with van der Waals surface area (Å²) in [5.41, 5.74) is 7.07. The van der Waals surface area contributed by atoms with Crippen LogP contribution in [-0.4, -0.2) is 37.4 Å². The number of amides is 3. The van der Waals surface area contributed by atoms with Gasteiger partial charge in [-0.1, -0.05) is 13.8 Å². The monoisotopic (exact) mass is 344 g/mol. The van der Waals surface area contributed by atoms with E-state index in [-0.39, 0.29) is 35.6 Å². The topological polar surface area (TPSA) is 105 Å². The lowest BCUT2D eigenvalue weighted by molar-refractivity contribution is -0.122. The van der Waals surface area contributed by atoms with Gasteiger partial charge in [-0.3, -0.25) is 14.4 Å². The van der Waals surface area contributed by atoms with Gasteiger partial charge in [0.15, 0.2) is 0 Å². The summed E-state index contributed by atoms with van der Waals surface area (Å²) in [4.78, 5) is 38.2. The molecule has 1 aliphatic carbocycles. The molecule has 0 bridgehead atoms. The van der Waals surface area contributed by atoms with Crippen molar-refractivity contribution in [2.75, 3.05) is 29.9 Å². The lowest BCUT2D eigenvalue weighted by atomic mass is 9.94. The average Bonchev–Trinajstić information content (AvgIpc) is 3.42. The van der Waals surface area contributed by atoms with E-state index < -0.39 is 0 Å². The summed E-state index contributed by atoms with van der Waals surface area (Å²) in [5.74, 6) is -0.467. The Kier molecular flexibility index (Phi) is 4.51. The van der Waals surface area contributed by atoms with Gasteiger partial charge in [-0.05, 0) is 43.0 Å². The third-order valence-electron chi connectivity index (χ3n) is 4.60. The van der Waals surface area contributed by atoms with Crippen LogP contribution in [0.25, 0.3) is 0 Å². The van der Waals surface area contributed by atoms with E-state index in [4.69, 9.17) is 5.73 Å². The highest BCUT2D eigenvalue weighted by Crippen LogP contribution is 2.37. The maximum absolute atomic E-state index is 12.4. The Morgan fingerprint density at radius 3 is 2.72 bits per heavy atom. The second-order valence-electron chi connectivity index (χ2n) is 7.53. The number of fused-ring (bicyclic) bond motifs is 1. The minimum absolute atomic E-state index is 0.0157. The predicted molar refractivity (Wildman–Crippen MR) is 95.3 cm³/mol. The molecule has 1 aliphatic heterocycles. The lowest BCUT2D eigenvalue weighted by Gasteiger charge is -2.29. The van der Waals surface area contributed by atoms with Crippen molar-refractivity contribution >= 4 is 29.1 Å². The van der Waals surface area contributed by atoms with Crippen molar-refractivity contribution in [2.24, 2.45) is 17.1 Å². The molecule has 7 heteroatoms. The Morgan fingerprint density at radius 2 is 2.08 bits per heavy atom. The van der Waals surface area contributed by atoms with Crippen molar-refractivity contribution < 1.29 is 14.4 Å². The first-order valence-electron chi connectivity index (χ1n) is 8.54. The van der Waals surface area contributed by atoms with Gasteiger partial charge in [0, 0.05) is 18.0 Å². The molecule has 0 atom stereocenters. The molecule has 1 saturated carbocycles. The highest BCUT2D eigenvalue weighted by atomic mass is 16.2. The van der Waals surface area contributed by atoms with Crippen LogP contribution in [0, 0.1) is 11.3 Å². The Labute approximate surface area is 146 Å². The van der Waals surface area contributed by atoms with Gasteiger partial charge in [-0.15, -0.1) is 0 Å². The first-order valence-corrected chi connectivity index (χ1v) is 8.54. The van der Waals surface area contributed by atoms with Crippen LogP contribution in [0.4, 0.5) is 11.4 Å². The Morgan fingerprint density at radius 1 is 1.36 bits per heavy atom. The van der Waals surface area contributed by atoms with Gasteiger partial charge in [0.25, 0.3) is 5.91 Å². The van der Waals surface area contributed by atoms with Crippen LogP contribution < -0.4 is 21.3 Å². The molecule has 134 valence electrons. The maximum Gasteiger partial charge on any atom is 0.251 e. The van der Waals surface area contributed by atoms with Gasteiger partial charge in [0.1, 0.15) is 6.54 Å². The molecular weight excluding hydrogens is 320 g/mol. The van der Waals surface area contributed by atoms with Crippen molar-refractivity contribution in [3.63, 3.8) is 0 Å². The number of rotatable bonds is 5. The number of hydrogen-bond acceptors (Lipinski definition) is 4. The number of carbonyl (C=O) groups is 3. The molecule has 0 unspecified atom stereocenters. The molecule has 1 aromatic rings. The molecule has 0 spiro atoms. The number of anilines is 2. The molecule has 4 N–H and O–H groups in total. The highest BCUT2D eigenvalue weighted by Gasteiger charge is 2.37. The van der Waals surface area contributed by atoms with E-state index in [1.165, 1.54) is 4.90 Å². The van der Waals surface area contributed by atoms with E-state index in [2.05, 4.69) is 10.6 Å². The third-order valence-corrected chi connectivity index (χ3v) is 4.60. The zero-order valence-electron chi connectivity index (χ0n) is 14.6. The lowest BCUT2D eigenvalue weighted by Crippen LogP contribution is -2.43. The van der Waals surface area contributed by atoms with E-state index in [0.717, 1.165) is 12.8 Å². The zero-order chi connectivity index (χ0) is 18.2. The van der Waals surface area contributed by atoms with Crippen molar-refractivity contribution in [2.45, 2.75) is 26.7 Å². The molecular formula is C18H24N4O3. The molecule has 0 saturated heterocycles. The van der Waals surface area contributed by atoms with Crippen LogP contribution in [-0.2, 0) is 9.59 Å². The van der Waals surface area contributed by atoms with Gasteiger partial charge in [-0.2, -0.15) is 0 Å². The van der Waals surface area contributed by atoms with Gasteiger partial charge < -0.3 is 21.3 Å². The van der Waals surface area contributed by atoms with E-state index in [0.29, 0.717) is 30.0 Å². The maximum atomic E-state index is 12.4. The number of carbonyl (C=O) groups excluding carboxylic acids is 3. The standard InChI is InChI=1S/C18H24N4O3/c1-18(2,9-19)10-20-16(24)12-5-6-14-13(7-12)21-15(23)8-22(14)17(25)11-3-4-11/h5-7,11H,3-4,8-10,19H2,1-2H3,(H,20,24)(H,21,23). The first kappa shape index (κ1) is 17.4. The number of nitrogens with zero attached hydrogens (tertiary/aromatic N) is 1. The molecule has 3 amide bonds. The van der Waals surface area contributed by atoms with Crippen LogP contribution in [0.5, 0.6) is 0 Å². The second-order valence-corrected chi connectivity index (χ2v) is 7.53. The number of nitrogens with one attached hydrogen (secondary N) is 2. The number of hydrogen-bond donors (Lipinski definition) is 3. The minimum atomic E-state index is -0.247. The fourth-order valence-corrected chi connectivity index (χ4v) is 2.67. The predicted octanol–water partition coefficient (Wildman–Crippen LogP) is 1.10. The van der Waals surface area contributed by atoms with Gasteiger partial charge in [0.2, 0.25) is 11.8 Å². The largest absolute Gasteiger partial charge is 0.351 e. The molecule has 3 rings (SSSR count). The van der Waals surface area contributed by atoms with Crippen molar-refractivity contribution in [1.82, 2.24) is 5.32 Å². The van der Waals surface area contributed by atoms with Crippen molar-refractivity contribution in [1.29, 1.82) is 0 Å². The van der Waals surface area contributed by atoms with Crippen LogP contribution in [0.15, 0.2) is 18.2 Å². The fourth-order valence-electron chi connectivity index (χ4n) is 2.67. The Balaban J connectivity index is 1.78. The summed E-state index contributed by atoms with van der Waals surface area (Å²) in [7, 11) is 0. The normalized spacial score (nSPS) is 16.9. The van der Waals surface area contributed by atoms with Gasteiger partial charge in [-0.25, -0.2) is 0 Å². The average molecular weight is 344 g/mol. The van der Waals surface area contributed by atoms with Gasteiger partial charge >= 0.3 is 0 Å². The SMILES string of the molecule is CC(C)(CN)CNC(=O)c1ccc2c(c1)NC(=O)CN2C(=O)C1CC1. The summed E-state index contributed by atoms with van der Waals surface area (Å²) in [6, 6.07) is 5.01. The molecule has 0 radical (unpaired) electrons. The molecule has 1 heterocycles. The summed E-state index contributed by atoms with van der Waals surface area (Å²) >= 11 is 0. The van der Waals surface area contributed by atoms with Crippen LogP contribution >= 0.6 is 0 Å². The molecule has 1 aromatic carbocycles. The van der Waals surface area contributed by atoms with Crippen molar-refractivity contribution in [3.05, 3.63) is 23.8 Å². The first-order chi connectivity index (χ1) is 11.8. The highest BCUT2D eigenvalue weighted by molar-refractivity contribution is 6.11. The summed E-state index contributed by atoms with van der Waals surface area (Å²) in [6.07, 6.45) is 1.76. The Bertz CT molecular complexity index is 725. The summed E-state index contributed by atoms with van der Waals surface area (Å²) in [5, 5.41) is 5.61.